The SMILES string of the molecule is O=C(N/N=C\c1ccc(Cl)cc1)c1[nH]c2ccccc2c1Cc1ccccc1. The van der Waals surface area contributed by atoms with Crippen LogP contribution in [-0.2, 0) is 6.42 Å². The maximum absolute atomic E-state index is 12.8. The Hall–Kier alpha value is -3.37. The van der Waals surface area contributed by atoms with Crippen molar-refractivity contribution in [2.24, 2.45) is 5.10 Å². The zero-order chi connectivity index (χ0) is 19.3. The van der Waals surface area contributed by atoms with Gasteiger partial charge in [-0.2, -0.15) is 5.10 Å². The van der Waals surface area contributed by atoms with Crippen LogP contribution in [0.2, 0.25) is 5.02 Å². The van der Waals surface area contributed by atoms with Gasteiger partial charge in [-0.15, -0.1) is 0 Å². The fourth-order valence-electron chi connectivity index (χ4n) is 3.15. The molecule has 0 aliphatic heterocycles. The van der Waals surface area contributed by atoms with E-state index in [0.29, 0.717) is 17.1 Å². The normalized spacial score (nSPS) is 11.2. The quantitative estimate of drug-likeness (QED) is 0.360. The lowest BCUT2D eigenvalue weighted by Crippen LogP contribution is -2.19. The van der Waals surface area contributed by atoms with E-state index in [1.807, 2.05) is 54.6 Å². The van der Waals surface area contributed by atoms with Gasteiger partial charge in [0.2, 0.25) is 0 Å². The minimum atomic E-state index is -0.271. The summed E-state index contributed by atoms with van der Waals surface area (Å²) in [6, 6.07) is 25.2. The predicted molar refractivity (Wildman–Crippen MR) is 114 cm³/mol. The summed E-state index contributed by atoms with van der Waals surface area (Å²) in [5.41, 5.74) is 7.03. The van der Waals surface area contributed by atoms with E-state index in [2.05, 4.69) is 27.6 Å². The minimum Gasteiger partial charge on any atom is -0.350 e. The van der Waals surface area contributed by atoms with Crippen LogP contribution in [0.15, 0.2) is 84.0 Å². The van der Waals surface area contributed by atoms with Crippen molar-refractivity contribution in [1.82, 2.24) is 10.4 Å². The number of hydrazone groups is 1. The van der Waals surface area contributed by atoms with Crippen LogP contribution in [0.4, 0.5) is 0 Å². The van der Waals surface area contributed by atoms with Gasteiger partial charge in [-0.3, -0.25) is 4.79 Å². The first-order valence-corrected chi connectivity index (χ1v) is 9.31. The first-order valence-electron chi connectivity index (χ1n) is 8.93. The highest BCUT2D eigenvalue weighted by molar-refractivity contribution is 6.30. The number of fused-ring (bicyclic) bond motifs is 1. The summed E-state index contributed by atoms with van der Waals surface area (Å²) >= 11 is 5.88. The van der Waals surface area contributed by atoms with Gasteiger partial charge in [-0.1, -0.05) is 72.3 Å². The van der Waals surface area contributed by atoms with Crippen molar-refractivity contribution in [2.45, 2.75) is 6.42 Å². The van der Waals surface area contributed by atoms with E-state index < -0.39 is 0 Å². The van der Waals surface area contributed by atoms with Gasteiger partial charge < -0.3 is 4.98 Å². The Morgan fingerprint density at radius 3 is 2.46 bits per heavy atom. The molecule has 0 bridgehead atoms. The summed E-state index contributed by atoms with van der Waals surface area (Å²) in [6.07, 6.45) is 2.25. The highest BCUT2D eigenvalue weighted by Gasteiger charge is 2.17. The number of hydrogen-bond donors (Lipinski definition) is 2. The molecule has 0 aliphatic rings. The van der Waals surface area contributed by atoms with Gasteiger partial charge in [-0.05, 0) is 34.9 Å². The van der Waals surface area contributed by atoms with Gasteiger partial charge in [0.1, 0.15) is 5.69 Å². The molecule has 2 N–H and O–H groups in total. The maximum atomic E-state index is 12.8. The van der Waals surface area contributed by atoms with E-state index in [-0.39, 0.29) is 5.91 Å². The molecule has 4 nitrogen and oxygen atoms in total. The number of hydrogen-bond acceptors (Lipinski definition) is 2. The molecule has 0 unspecified atom stereocenters. The van der Waals surface area contributed by atoms with Crippen molar-refractivity contribution < 1.29 is 4.79 Å². The highest BCUT2D eigenvalue weighted by Crippen LogP contribution is 2.25. The Labute approximate surface area is 167 Å². The molecule has 4 rings (SSSR count). The topological polar surface area (TPSA) is 57.2 Å². The van der Waals surface area contributed by atoms with Crippen LogP contribution in [0.5, 0.6) is 0 Å². The van der Waals surface area contributed by atoms with E-state index in [1.54, 1.807) is 18.3 Å². The van der Waals surface area contributed by atoms with Crippen molar-refractivity contribution in [2.75, 3.05) is 0 Å². The molecule has 28 heavy (non-hydrogen) atoms. The monoisotopic (exact) mass is 387 g/mol. The summed E-state index contributed by atoms with van der Waals surface area (Å²) in [7, 11) is 0. The first-order chi connectivity index (χ1) is 13.7. The zero-order valence-corrected chi connectivity index (χ0v) is 15.8. The van der Waals surface area contributed by atoms with Gasteiger partial charge in [0.25, 0.3) is 5.91 Å². The van der Waals surface area contributed by atoms with Crippen molar-refractivity contribution in [3.63, 3.8) is 0 Å². The fourth-order valence-corrected chi connectivity index (χ4v) is 3.27. The highest BCUT2D eigenvalue weighted by atomic mass is 35.5. The Kier molecular flexibility index (Phi) is 5.22. The molecule has 3 aromatic carbocycles. The van der Waals surface area contributed by atoms with E-state index in [9.17, 15) is 4.79 Å². The third-order valence-electron chi connectivity index (χ3n) is 4.51. The molecule has 5 heteroatoms. The fraction of sp³-hybridized carbons (Fsp3) is 0.0435. The largest absolute Gasteiger partial charge is 0.350 e. The number of halogens is 1. The smallest absolute Gasteiger partial charge is 0.288 e. The Morgan fingerprint density at radius 2 is 1.68 bits per heavy atom. The molecule has 0 spiro atoms. The van der Waals surface area contributed by atoms with Gasteiger partial charge in [0.15, 0.2) is 0 Å². The van der Waals surface area contributed by atoms with Gasteiger partial charge in [0, 0.05) is 22.3 Å². The Morgan fingerprint density at radius 1 is 0.964 bits per heavy atom. The van der Waals surface area contributed by atoms with Gasteiger partial charge in [0.05, 0.1) is 6.21 Å². The number of amides is 1. The number of para-hydroxylation sites is 1. The molecule has 1 heterocycles. The van der Waals surface area contributed by atoms with Crippen molar-refractivity contribution in [3.05, 3.63) is 106 Å². The number of H-pyrrole nitrogens is 1. The summed E-state index contributed by atoms with van der Waals surface area (Å²) in [6.45, 7) is 0. The molecule has 1 aromatic heterocycles. The van der Waals surface area contributed by atoms with Gasteiger partial charge >= 0.3 is 0 Å². The first kappa shape index (κ1) is 18.0. The van der Waals surface area contributed by atoms with E-state index in [4.69, 9.17) is 11.6 Å². The van der Waals surface area contributed by atoms with Crippen LogP contribution in [-0.4, -0.2) is 17.1 Å². The lowest BCUT2D eigenvalue weighted by molar-refractivity contribution is 0.0950. The molecule has 0 radical (unpaired) electrons. The molecule has 4 aromatic rings. The maximum Gasteiger partial charge on any atom is 0.288 e. The third kappa shape index (κ3) is 3.97. The molecule has 0 fully saturated rings. The molecular formula is C23H18ClN3O. The molecule has 0 saturated heterocycles. The molecule has 138 valence electrons. The minimum absolute atomic E-state index is 0.271. The number of carbonyl (C=O) groups is 1. The standard InChI is InChI=1S/C23H18ClN3O/c24-18-12-10-17(11-13-18)15-25-27-23(28)22-20(14-16-6-2-1-3-7-16)19-8-4-5-9-21(19)26-22/h1-13,15,26H,14H2,(H,27,28)/b25-15-. The number of carbonyl (C=O) groups excluding carboxylic acids is 1. The van der Waals surface area contributed by atoms with E-state index in [0.717, 1.165) is 27.6 Å². The van der Waals surface area contributed by atoms with E-state index in [1.165, 1.54) is 0 Å². The number of nitrogens with one attached hydrogen (secondary N) is 2. The van der Waals surface area contributed by atoms with Crippen LogP contribution in [0.25, 0.3) is 10.9 Å². The lowest BCUT2D eigenvalue weighted by atomic mass is 10.0. The summed E-state index contributed by atoms with van der Waals surface area (Å²) < 4.78 is 0. The number of benzene rings is 3. The molecule has 0 aliphatic carbocycles. The van der Waals surface area contributed by atoms with Crippen molar-refractivity contribution >= 4 is 34.6 Å². The number of aromatic amines is 1. The predicted octanol–water partition coefficient (Wildman–Crippen LogP) is 5.18. The van der Waals surface area contributed by atoms with Crippen molar-refractivity contribution in [1.29, 1.82) is 0 Å². The summed E-state index contributed by atoms with van der Waals surface area (Å²) in [5, 5.41) is 5.78. The lowest BCUT2D eigenvalue weighted by Gasteiger charge is -2.04. The van der Waals surface area contributed by atoms with Crippen LogP contribution in [0, 0.1) is 0 Å². The molecule has 0 atom stereocenters. The zero-order valence-electron chi connectivity index (χ0n) is 15.0. The molecular weight excluding hydrogens is 370 g/mol. The van der Waals surface area contributed by atoms with E-state index >= 15 is 0 Å². The van der Waals surface area contributed by atoms with Crippen molar-refractivity contribution in [3.8, 4) is 0 Å². The van der Waals surface area contributed by atoms with Crippen LogP contribution < -0.4 is 5.43 Å². The second-order valence-corrected chi connectivity index (χ2v) is 6.87. The number of aromatic nitrogens is 1. The molecule has 0 saturated carbocycles. The Bertz CT molecular complexity index is 1130. The second-order valence-electron chi connectivity index (χ2n) is 6.44. The average molecular weight is 388 g/mol. The molecule has 1 amide bonds. The third-order valence-corrected chi connectivity index (χ3v) is 4.77. The number of rotatable bonds is 5. The summed E-state index contributed by atoms with van der Waals surface area (Å²) in [5.74, 6) is -0.271. The average Bonchev–Trinajstić information content (AvgIpc) is 3.09. The van der Waals surface area contributed by atoms with Crippen LogP contribution in [0.3, 0.4) is 0 Å². The van der Waals surface area contributed by atoms with Gasteiger partial charge in [-0.25, -0.2) is 5.43 Å². The van der Waals surface area contributed by atoms with Crippen LogP contribution in [0.1, 0.15) is 27.2 Å². The summed E-state index contributed by atoms with van der Waals surface area (Å²) in [4.78, 5) is 16.0. The number of nitrogens with zero attached hydrogens (tertiary/aromatic N) is 1. The Balaban J connectivity index is 1.60. The van der Waals surface area contributed by atoms with Crippen LogP contribution >= 0.6 is 11.6 Å². The second kappa shape index (κ2) is 8.11.